The molecular weight excluding hydrogens is 252 g/mol. The molecular formula is C13H13ClN2O2. The molecule has 1 aromatic heterocycles. The lowest BCUT2D eigenvalue weighted by Crippen LogP contribution is -2.02. The molecule has 0 unspecified atom stereocenters. The highest BCUT2D eigenvalue weighted by atomic mass is 35.5. The van der Waals surface area contributed by atoms with Gasteiger partial charge in [0.1, 0.15) is 0 Å². The summed E-state index contributed by atoms with van der Waals surface area (Å²) < 4.78 is 1.71. The zero-order valence-corrected chi connectivity index (χ0v) is 10.9. The number of halogens is 1. The Morgan fingerprint density at radius 3 is 2.56 bits per heavy atom. The average molecular weight is 265 g/mol. The van der Waals surface area contributed by atoms with Crippen LogP contribution in [0.15, 0.2) is 24.3 Å². The van der Waals surface area contributed by atoms with Crippen molar-refractivity contribution in [3.8, 4) is 11.3 Å². The van der Waals surface area contributed by atoms with Gasteiger partial charge in [0.2, 0.25) is 0 Å². The maximum atomic E-state index is 10.8. The second kappa shape index (κ2) is 4.82. The van der Waals surface area contributed by atoms with Crippen LogP contribution in [-0.4, -0.2) is 20.9 Å². The first kappa shape index (κ1) is 12.6. The number of carbonyl (C=O) groups is 1. The minimum atomic E-state index is -0.876. The van der Waals surface area contributed by atoms with Crippen LogP contribution in [0.25, 0.3) is 11.3 Å². The standard InChI is InChI=1S/C13H13ClN2O2/c1-8-11(7-12(17)18)15-16(2)13(8)9-3-5-10(14)6-4-9/h3-6H,7H2,1-2H3,(H,17,18). The third-order valence-corrected chi connectivity index (χ3v) is 3.07. The van der Waals surface area contributed by atoms with Crippen LogP contribution in [-0.2, 0) is 18.3 Å². The Morgan fingerprint density at radius 2 is 2.00 bits per heavy atom. The van der Waals surface area contributed by atoms with Crippen molar-refractivity contribution in [2.24, 2.45) is 7.05 Å². The Bertz CT molecular complexity index is 588. The van der Waals surface area contributed by atoms with E-state index in [-0.39, 0.29) is 6.42 Å². The summed E-state index contributed by atoms with van der Waals surface area (Å²) >= 11 is 5.85. The first-order chi connectivity index (χ1) is 8.49. The molecule has 0 saturated carbocycles. The van der Waals surface area contributed by atoms with Crippen LogP contribution in [0.1, 0.15) is 11.3 Å². The highest BCUT2D eigenvalue weighted by Gasteiger charge is 2.15. The predicted octanol–water partition coefficient (Wildman–Crippen LogP) is 2.68. The van der Waals surface area contributed by atoms with Crippen LogP contribution in [0.4, 0.5) is 0 Å². The second-order valence-electron chi connectivity index (χ2n) is 4.12. The van der Waals surface area contributed by atoms with Gasteiger partial charge in [-0.15, -0.1) is 0 Å². The van der Waals surface area contributed by atoms with Gasteiger partial charge in [0.25, 0.3) is 0 Å². The number of aryl methyl sites for hydroxylation is 1. The van der Waals surface area contributed by atoms with E-state index < -0.39 is 5.97 Å². The Labute approximate surface area is 110 Å². The molecule has 0 atom stereocenters. The molecule has 94 valence electrons. The third-order valence-electron chi connectivity index (χ3n) is 2.82. The van der Waals surface area contributed by atoms with Crippen molar-refractivity contribution in [3.05, 3.63) is 40.5 Å². The Kier molecular flexibility index (Phi) is 3.39. The van der Waals surface area contributed by atoms with Crippen LogP contribution in [0, 0.1) is 6.92 Å². The van der Waals surface area contributed by atoms with Gasteiger partial charge in [-0.05, 0) is 24.6 Å². The Morgan fingerprint density at radius 1 is 1.39 bits per heavy atom. The van der Waals surface area contributed by atoms with Crippen molar-refractivity contribution >= 4 is 17.6 Å². The number of nitrogens with zero attached hydrogens (tertiary/aromatic N) is 2. The summed E-state index contributed by atoms with van der Waals surface area (Å²) in [7, 11) is 1.81. The van der Waals surface area contributed by atoms with E-state index >= 15 is 0 Å². The van der Waals surface area contributed by atoms with Gasteiger partial charge >= 0.3 is 5.97 Å². The molecule has 0 aliphatic heterocycles. The molecule has 4 nitrogen and oxygen atoms in total. The van der Waals surface area contributed by atoms with Crippen molar-refractivity contribution < 1.29 is 9.90 Å². The molecule has 0 spiro atoms. The lowest BCUT2D eigenvalue weighted by atomic mass is 10.1. The van der Waals surface area contributed by atoms with Gasteiger partial charge in [0.15, 0.2) is 0 Å². The van der Waals surface area contributed by atoms with E-state index in [9.17, 15) is 4.79 Å². The maximum absolute atomic E-state index is 10.8. The zero-order chi connectivity index (χ0) is 13.3. The fourth-order valence-electron chi connectivity index (χ4n) is 2.01. The van der Waals surface area contributed by atoms with Crippen LogP contribution >= 0.6 is 11.6 Å². The topological polar surface area (TPSA) is 55.1 Å². The van der Waals surface area contributed by atoms with Crippen LogP contribution in [0.3, 0.4) is 0 Å². The number of aromatic nitrogens is 2. The summed E-state index contributed by atoms with van der Waals surface area (Å²) in [6.07, 6.45) is -0.0622. The van der Waals surface area contributed by atoms with Crippen LogP contribution in [0.5, 0.6) is 0 Å². The normalized spacial score (nSPS) is 10.6. The van der Waals surface area contributed by atoms with Crippen LogP contribution in [0.2, 0.25) is 5.02 Å². The summed E-state index contributed by atoms with van der Waals surface area (Å²) in [5.74, 6) is -0.876. The Hall–Kier alpha value is -1.81. The van der Waals surface area contributed by atoms with E-state index in [1.165, 1.54) is 0 Å². The molecule has 0 radical (unpaired) electrons. The fraction of sp³-hybridized carbons (Fsp3) is 0.231. The maximum Gasteiger partial charge on any atom is 0.309 e. The number of hydrogen-bond acceptors (Lipinski definition) is 2. The van der Waals surface area contributed by atoms with Crippen molar-refractivity contribution in [1.29, 1.82) is 0 Å². The highest BCUT2D eigenvalue weighted by molar-refractivity contribution is 6.30. The van der Waals surface area contributed by atoms with Gasteiger partial charge in [0.05, 0.1) is 17.8 Å². The number of carboxylic acid groups (broad SMARTS) is 1. The van der Waals surface area contributed by atoms with Crippen molar-refractivity contribution in [1.82, 2.24) is 9.78 Å². The molecule has 1 N–H and O–H groups in total. The number of aliphatic carboxylic acids is 1. The average Bonchev–Trinajstić information content (AvgIpc) is 2.55. The minimum absolute atomic E-state index is 0.0622. The molecule has 1 aromatic carbocycles. The molecule has 5 heteroatoms. The van der Waals surface area contributed by atoms with E-state index in [4.69, 9.17) is 16.7 Å². The lowest BCUT2D eigenvalue weighted by Gasteiger charge is -2.03. The minimum Gasteiger partial charge on any atom is -0.481 e. The van der Waals surface area contributed by atoms with Gasteiger partial charge in [-0.1, -0.05) is 23.7 Å². The molecule has 0 bridgehead atoms. The van der Waals surface area contributed by atoms with E-state index in [2.05, 4.69) is 5.10 Å². The van der Waals surface area contributed by atoms with Crippen molar-refractivity contribution in [2.45, 2.75) is 13.3 Å². The summed E-state index contributed by atoms with van der Waals surface area (Å²) in [5, 5.41) is 13.8. The third kappa shape index (κ3) is 2.38. The summed E-state index contributed by atoms with van der Waals surface area (Å²) in [4.78, 5) is 10.8. The fourth-order valence-corrected chi connectivity index (χ4v) is 2.13. The molecule has 0 amide bonds. The molecule has 0 aliphatic rings. The molecule has 1 heterocycles. The predicted molar refractivity (Wildman–Crippen MR) is 69.7 cm³/mol. The SMILES string of the molecule is Cc1c(CC(=O)O)nn(C)c1-c1ccc(Cl)cc1. The summed E-state index contributed by atoms with van der Waals surface area (Å²) in [6.45, 7) is 1.88. The molecule has 0 fully saturated rings. The van der Waals surface area contributed by atoms with Gasteiger partial charge in [-0.25, -0.2) is 0 Å². The summed E-state index contributed by atoms with van der Waals surface area (Å²) in [5.41, 5.74) is 3.38. The van der Waals surface area contributed by atoms with E-state index in [1.807, 2.05) is 26.1 Å². The van der Waals surface area contributed by atoms with E-state index in [0.717, 1.165) is 16.8 Å². The summed E-state index contributed by atoms with van der Waals surface area (Å²) in [6, 6.07) is 7.41. The van der Waals surface area contributed by atoms with Gasteiger partial charge < -0.3 is 5.11 Å². The molecule has 0 saturated heterocycles. The number of carboxylic acids is 1. The van der Waals surface area contributed by atoms with E-state index in [0.29, 0.717) is 10.7 Å². The monoisotopic (exact) mass is 264 g/mol. The number of rotatable bonds is 3. The molecule has 2 rings (SSSR count). The first-order valence-electron chi connectivity index (χ1n) is 5.49. The number of benzene rings is 1. The lowest BCUT2D eigenvalue weighted by molar-refractivity contribution is -0.136. The van der Waals surface area contributed by atoms with E-state index in [1.54, 1.807) is 16.8 Å². The van der Waals surface area contributed by atoms with Gasteiger partial charge in [-0.3, -0.25) is 9.48 Å². The van der Waals surface area contributed by atoms with Gasteiger partial charge in [-0.2, -0.15) is 5.10 Å². The van der Waals surface area contributed by atoms with Crippen molar-refractivity contribution in [2.75, 3.05) is 0 Å². The number of hydrogen-bond donors (Lipinski definition) is 1. The molecule has 18 heavy (non-hydrogen) atoms. The second-order valence-corrected chi connectivity index (χ2v) is 4.56. The van der Waals surface area contributed by atoms with Gasteiger partial charge in [0, 0.05) is 17.6 Å². The molecule has 0 aliphatic carbocycles. The van der Waals surface area contributed by atoms with Crippen LogP contribution < -0.4 is 0 Å². The molecule has 2 aromatic rings. The Balaban J connectivity index is 2.48. The van der Waals surface area contributed by atoms with Crippen molar-refractivity contribution in [3.63, 3.8) is 0 Å². The zero-order valence-electron chi connectivity index (χ0n) is 10.1. The first-order valence-corrected chi connectivity index (χ1v) is 5.87. The smallest absolute Gasteiger partial charge is 0.309 e. The largest absolute Gasteiger partial charge is 0.481 e. The highest BCUT2D eigenvalue weighted by Crippen LogP contribution is 2.26. The quantitative estimate of drug-likeness (QED) is 0.927.